The molecule has 0 radical (unpaired) electrons. The highest BCUT2D eigenvalue weighted by atomic mass is 16.3. The molecule has 0 bridgehead atoms. The van der Waals surface area contributed by atoms with Gasteiger partial charge < -0.3 is 9.73 Å². The Bertz CT molecular complexity index is 429. The molecule has 1 N–H and O–H groups in total. The normalized spacial score (nSPS) is 28.9. The van der Waals surface area contributed by atoms with Crippen LogP contribution >= 0.6 is 0 Å². The van der Waals surface area contributed by atoms with Crippen LogP contribution in [0.3, 0.4) is 0 Å². The van der Waals surface area contributed by atoms with Gasteiger partial charge in [-0.15, -0.1) is 0 Å². The molecule has 1 aliphatic heterocycles. The van der Waals surface area contributed by atoms with Gasteiger partial charge in [0.2, 0.25) is 0 Å². The van der Waals surface area contributed by atoms with Crippen molar-refractivity contribution < 1.29 is 4.42 Å². The molecule has 3 rings (SSSR count). The second kappa shape index (κ2) is 5.88. The maximum absolute atomic E-state index is 5.94. The van der Waals surface area contributed by atoms with Crippen molar-refractivity contribution in [2.24, 2.45) is 0 Å². The van der Waals surface area contributed by atoms with Crippen LogP contribution in [0.4, 0.5) is 0 Å². The number of rotatable bonds is 5. The van der Waals surface area contributed by atoms with E-state index in [1.165, 1.54) is 12.8 Å². The fourth-order valence-electron chi connectivity index (χ4n) is 3.00. The van der Waals surface area contributed by atoms with Crippen LogP contribution in [0.15, 0.2) is 16.5 Å². The van der Waals surface area contributed by atoms with Gasteiger partial charge in [0, 0.05) is 31.2 Å². The summed E-state index contributed by atoms with van der Waals surface area (Å²) in [5.74, 6) is 2.17. The summed E-state index contributed by atoms with van der Waals surface area (Å²) >= 11 is 0. The Kier molecular flexibility index (Phi) is 4.15. The SMILES string of the molecule is CC1CN(Cc2ccc(CNC3CC3)o2)CC(C)N1C. The number of nitrogens with zero attached hydrogens (tertiary/aromatic N) is 2. The van der Waals surface area contributed by atoms with Crippen LogP contribution in [0.2, 0.25) is 0 Å². The Morgan fingerprint density at radius 1 is 1.15 bits per heavy atom. The lowest BCUT2D eigenvalue weighted by molar-refractivity contribution is 0.0516. The lowest BCUT2D eigenvalue weighted by Gasteiger charge is -2.42. The summed E-state index contributed by atoms with van der Waals surface area (Å²) in [4.78, 5) is 4.97. The third-order valence-corrected chi connectivity index (χ3v) is 4.67. The molecular formula is C16H27N3O. The number of furan rings is 1. The Morgan fingerprint density at radius 3 is 2.45 bits per heavy atom. The molecule has 1 saturated heterocycles. The highest BCUT2D eigenvalue weighted by Crippen LogP contribution is 2.20. The molecule has 1 aromatic rings. The fourth-order valence-corrected chi connectivity index (χ4v) is 3.00. The monoisotopic (exact) mass is 277 g/mol. The second-order valence-electron chi connectivity index (χ2n) is 6.58. The predicted molar refractivity (Wildman–Crippen MR) is 80.5 cm³/mol. The van der Waals surface area contributed by atoms with Crippen LogP contribution in [0, 0.1) is 0 Å². The molecule has 2 fully saturated rings. The van der Waals surface area contributed by atoms with E-state index >= 15 is 0 Å². The molecule has 112 valence electrons. The zero-order valence-corrected chi connectivity index (χ0v) is 12.9. The molecule has 1 aliphatic carbocycles. The van der Waals surface area contributed by atoms with Crippen LogP contribution in [-0.2, 0) is 13.1 Å². The first kappa shape index (κ1) is 14.1. The van der Waals surface area contributed by atoms with Gasteiger partial charge in [-0.05, 0) is 45.9 Å². The van der Waals surface area contributed by atoms with Crippen molar-refractivity contribution in [3.05, 3.63) is 23.7 Å². The summed E-state index contributed by atoms with van der Waals surface area (Å²) in [6.45, 7) is 8.66. The molecule has 2 unspecified atom stereocenters. The summed E-state index contributed by atoms with van der Waals surface area (Å²) in [6, 6.07) is 6.22. The topological polar surface area (TPSA) is 31.6 Å². The molecular weight excluding hydrogens is 250 g/mol. The quantitative estimate of drug-likeness (QED) is 0.893. The third kappa shape index (κ3) is 3.43. The zero-order valence-electron chi connectivity index (χ0n) is 12.9. The fraction of sp³-hybridized carbons (Fsp3) is 0.750. The highest BCUT2D eigenvalue weighted by molar-refractivity contribution is 5.08. The third-order valence-electron chi connectivity index (χ3n) is 4.67. The van der Waals surface area contributed by atoms with Gasteiger partial charge in [0.25, 0.3) is 0 Å². The number of nitrogens with one attached hydrogen (secondary N) is 1. The van der Waals surface area contributed by atoms with Gasteiger partial charge in [0.15, 0.2) is 0 Å². The average Bonchev–Trinajstić information content (AvgIpc) is 3.14. The van der Waals surface area contributed by atoms with Crippen molar-refractivity contribution in [2.75, 3.05) is 20.1 Å². The van der Waals surface area contributed by atoms with Crippen molar-refractivity contribution >= 4 is 0 Å². The van der Waals surface area contributed by atoms with Crippen LogP contribution in [0.25, 0.3) is 0 Å². The molecule has 2 aliphatic rings. The van der Waals surface area contributed by atoms with E-state index < -0.39 is 0 Å². The maximum atomic E-state index is 5.94. The molecule has 1 aromatic heterocycles. The molecule has 20 heavy (non-hydrogen) atoms. The number of hydrogen-bond donors (Lipinski definition) is 1. The van der Waals surface area contributed by atoms with E-state index in [0.29, 0.717) is 12.1 Å². The van der Waals surface area contributed by atoms with E-state index in [0.717, 1.165) is 43.7 Å². The highest BCUT2D eigenvalue weighted by Gasteiger charge is 2.27. The Hall–Kier alpha value is -0.840. The minimum atomic E-state index is 0.615. The van der Waals surface area contributed by atoms with E-state index in [9.17, 15) is 0 Å². The Morgan fingerprint density at radius 2 is 1.80 bits per heavy atom. The lowest BCUT2D eigenvalue weighted by Crippen LogP contribution is -2.54. The van der Waals surface area contributed by atoms with E-state index in [1.54, 1.807) is 0 Å². The maximum Gasteiger partial charge on any atom is 0.118 e. The van der Waals surface area contributed by atoms with Gasteiger partial charge in [-0.3, -0.25) is 9.80 Å². The minimum Gasteiger partial charge on any atom is -0.463 e. The largest absolute Gasteiger partial charge is 0.463 e. The van der Waals surface area contributed by atoms with Gasteiger partial charge >= 0.3 is 0 Å². The lowest BCUT2D eigenvalue weighted by atomic mass is 10.1. The van der Waals surface area contributed by atoms with Crippen molar-refractivity contribution in [1.29, 1.82) is 0 Å². The molecule has 0 amide bonds. The smallest absolute Gasteiger partial charge is 0.118 e. The number of hydrogen-bond acceptors (Lipinski definition) is 4. The summed E-state index contributed by atoms with van der Waals surface area (Å²) in [5, 5.41) is 3.50. The number of piperazine rings is 1. The minimum absolute atomic E-state index is 0.615. The van der Waals surface area contributed by atoms with E-state index in [1.807, 2.05) is 0 Å². The molecule has 2 heterocycles. The Labute approximate surface area is 122 Å². The second-order valence-corrected chi connectivity index (χ2v) is 6.58. The first-order valence-electron chi connectivity index (χ1n) is 7.87. The van der Waals surface area contributed by atoms with Crippen LogP contribution in [-0.4, -0.2) is 48.1 Å². The molecule has 4 heteroatoms. The standard InChI is InChI=1S/C16H27N3O/c1-12-9-19(10-13(2)18(12)3)11-16-7-6-15(20-16)8-17-14-4-5-14/h6-7,12-14,17H,4-5,8-11H2,1-3H3. The molecule has 0 spiro atoms. The van der Waals surface area contributed by atoms with Gasteiger partial charge in [-0.1, -0.05) is 0 Å². The first-order chi connectivity index (χ1) is 9.61. The summed E-state index contributed by atoms with van der Waals surface area (Å²) in [7, 11) is 2.22. The number of likely N-dealkylation sites (N-methyl/N-ethyl adjacent to an activating group) is 1. The van der Waals surface area contributed by atoms with Crippen LogP contribution in [0.5, 0.6) is 0 Å². The van der Waals surface area contributed by atoms with Crippen molar-refractivity contribution in [2.45, 2.75) is 57.9 Å². The van der Waals surface area contributed by atoms with Crippen molar-refractivity contribution in [3.8, 4) is 0 Å². The van der Waals surface area contributed by atoms with Crippen LogP contribution in [0.1, 0.15) is 38.2 Å². The summed E-state index contributed by atoms with van der Waals surface area (Å²) in [5.41, 5.74) is 0. The van der Waals surface area contributed by atoms with Gasteiger partial charge in [0.1, 0.15) is 11.5 Å². The molecule has 1 saturated carbocycles. The first-order valence-corrected chi connectivity index (χ1v) is 7.87. The van der Waals surface area contributed by atoms with Crippen LogP contribution < -0.4 is 5.32 Å². The summed E-state index contributed by atoms with van der Waals surface area (Å²) in [6.07, 6.45) is 2.65. The summed E-state index contributed by atoms with van der Waals surface area (Å²) < 4.78 is 5.94. The van der Waals surface area contributed by atoms with Gasteiger partial charge in [0.05, 0.1) is 13.1 Å². The van der Waals surface area contributed by atoms with E-state index in [2.05, 4.69) is 48.1 Å². The van der Waals surface area contributed by atoms with Gasteiger partial charge in [-0.2, -0.15) is 0 Å². The zero-order chi connectivity index (χ0) is 14.1. The van der Waals surface area contributed by atoms with E-state index in [-0.39, 0.29) is 0 Å². The molecule has 2 atom stereocenters. The molecule has 4 nitrogen and oxygen atoms in total. The van der Waals surface area contributed by atoms with Gasteiger partial charge in [-0.25, -0.2) is 0 Å². The predicted octanol–water partition coefficient (Wildman–Crippen LogP) is 2.06. The average molecular weight is 277 g/mol. The Balaban J connectivity index is 1.51. The molecule has 0 aromatic carbocycles. The van der Waals surface area contributed by atoms with Crippen molar-refractivity contribution in [3.63, 3.8) is 0 Å². The van der Waals surface area contributed by atoms with E-state index in [4.69, 9.17) is 4.42 Å². The van der Waals surface area contributed by atoms with Crippen molar-refractivity contribution in [1.82, 2.24) is 15.1 Å².